The van der Waals surface area contributed by atoms with Gasteiger partial charge in [0.2, 0.25) is 0 Å². The Kier molecular flexibility index (Phi) is 7.07. The van der Waals surface area contributed by atoms with E-state index in [0.717, 1.165) is 16.7 Å². The number of nitro benzene ring substituents is 1. The van der Waals surface area contributed by atoms with Crippen LogP contribution in [0.25, 0.3) is 11.1 Å². The summed E-state index contributed by atoms with van der Waals surface area (Å²) in [5, 5.41) is 13.8. The number of benzene rings is 4. The van der Waals surface area contributed by atoms with Crippen LogP contribution in [-0.2, 0) is 6.61 Å². The topological polar surface area (TPSA) is 90.7 Å². The van der Waals surface area contributed by atoms with Crippen LogP contribution in [0.15, 0.2) is 91.0 Å². The average molecular weight is 469 g/mol. The molecule has 1 N–H and O–H groups in total. The summed E-state index contributed by atoms with van der Waals surface area (Å²) in [4.78, 5) is 23.5. The lowest BCUT2D eigenvalue weighted by atomic mass is 10.1. The number of ether oxygens (including phenoxy) is 2. The van der Waals surface area contributed by atoms with Crippen molar-refractivity contribution in [3.8, 4) is 22.6 Å². The van der Waals surface area contributed by atoms with Crippen molar-refractivity contribution in [1.29, 1.82) is 0 Å². The predicted molar refractivity (Wildman–Crippen MR) is 135 cm³/mol. The summed E-state index contributed by atoms with van der Waals surface area (Å²) in [5.74, 6) is 0.896. The molecule has 0 atom stereocenters. The van der Waals surface area contributed by atoms with Crippen molar-refractivity contribution in [3.05, 3.63) is 118 Å². The standard InChI is InChI=1S/C28H24N2O5/c1-19-8-12-24(30(32)33)17-26(19)29-28(31)22-11-15-27(34-2)23(16-22)18-35-25-13-9-21(10-14-25)20-6-4-3-5-7-20/h3-17H,18H2,1-2H3,(H,29,31). The summed E-state index contributed by atoms with van der Waals surface area (Å²) in [6.45, 7) is 1.97. The molecule has 4 aromatic rings. The largest absolute Gasteiger partial charge is 0.496 e. The first-order valence-corrected chi connectivity index (χ1v) is 11.0. The molecule has 0 aliphatic carbocycles. The van der Waals surface area contributed by atoms with Crippen LogP contribution < -0.4 is 14.8 Å². The van der Waals surface area contributed by atoms with Crippen LogP contribution in [0.4, 0.5) is 11.4 Å². The van der Waals surface area contributed by atoms with Crippen LogP contribution in [0, 0.1) is 17.0 Å². The number of non-ortho nitro benzene ring substituents is 1. The van der Waals surface area contributed by atoms with E-state index in [1.807, 2.05) is 54.6 Å². The Balaban J connectivity index is 1.48. The van der Waals surface area contributed by atoms with E-state index in [0.29, 0.717) is 28.3 Å². The molecule has 0 aliphatic heterocycles. The molecule has 0 aliphatic rings. The number of rotatable bonds is 8. The van der Waals surface area contributed by atoms with Crippen molar-refractivity contribution >= 4 is 17.3 Å². The summed E-state index contributed by atoms with van der Waals surface area (Å²) in [6.07, 6.45) is 0. The molecule has 35 heavy (non-hydrogen) atoms. The predicted octanol–water partition coefficient (Wildman–Crippen LogP) is 6.41. The fourth-order valence-electron chi connectivity index (χ4n) is 3.62. The number of methoxy groups -OCH3 is 1. The third-order valence-electron chi connectivity index (χ3n) is 5.58. The zero-order valence-corrected chi connectivity index (χ0v) is 19.4. The van der Waals surface area contributed by atoms with Gasteiger partial charge in [-0.15, -0.1) is 0 Å². The average Bonchev–Trinajstić information content (AvgIpc) is 2.89. The van der Waals surface area contributed by atoms with Gasteiger partial charge in [-0.25, -0.2) is 0 Å². The molecule has 0 saturated carbocycles. The molecule has 0 unspecified atom stereocenters. The molecule has 4 rings (SSSR count). The molecule has 0 radical (unpaired) electrons. The monoisotopic (exact) mass is 468 g/mol. The highest BCUT2D eigenvalue weighted by Crippen LogP contribution is 2.26. The lowest BCUT2D eigenvalue weighted by Crippen LogP contribution is -2.14. The number of nitrogens with one attached hydrogen (secondary N) is 1. The van der Waals surface area contributed by atoms with Gasteiger partial charge in [-0.2, -0.15) is 0 Å². The Labute approximate surface area is 203 Å². The maximum Gasteiger partial charge on any atom is 0.271 e. The molecule has 0 fully saturated rings. The maximum atomic E-state index is 12.9. The van der Waals surface area contributed by atoms with Crippen molar-refractivity contribution < 1.29 is 19.2 Å². The smallest absolute Gasteiger partial charge is 0.271 e. The minimum absolute atomic E-state index is 0.0898. The zero-order chi connectivity index (χ0) is 24.8. The van der Waals surface area contributed by atoms with Gasteiger partial charge in [-0.3, -0.25) is 14.9 Å². The van der Waals surface area contributed by atoms with E-state index < -0.39 is 4.92 Å². The molecule has 0 saturated heterocycles. The molecule has 1 amide bonds. The van der Waals surface area contributed by atoms with Gasteiger partial charge in [-0.1, -0.05) is 48.5 Å². The van der Waals surface area contributed by atoms with E-state index in [1.165, 1.54) is 12.1 Å². The molecule has 4 aromatic carbocycles. The van der Waals surface area contributed by atoms with Crippen molar-refractivity contribution in [2.45, 2.75) is 13.5 Å². The molecule has 0 aromatic heterocycles. The van der Waals surface area contributed by atoms with E-state index in [9.17, 15) is 14.9 Å². The molecule has 176 valence electrons. The molecular formula is C28H24N2O5. The normalized spacial score (nSPS) is 10.5. The second kappa shape index (κ2) is 10.5. The lowest BCUT2D eigenvalue weighted by Gasteiger charge is -2.13. The van der Waals surface area contributed by atoms with Gasteiger partial charge in [0.25, 0.3) is 11.6 Å². The highest BCUT2D eigenvalue weighted by atomic mass is 16.6. The van der Waals surface area contributed by atoms with Crippen molar-refractivity contribution in [3.63, 3.8) is 0 Å². The second-order valence-corrected chi connectivity index (χ2v) is 7.92. The number of hydrogen-bond donors (Lipinski definition) is 1. The highest BCUT2D eigenvalue weighted by Gasteiger charge is 2.15. The minimum atomic E-state index is -0.496. The Morgan fingerprint density at radius 3 is 2.31 bits per heavy atom. The molecule has 0 spiro atoms. The number of amides is 1. The maximum absolute atomic E-state index is 12.9. The summed E-state index contributed by atoms with van der Waals surface area (Å²) in [7, 11) is 1.56. The molecule has 0 bridgehead atoms. The van der Waals surface area contributed by atoms with Gasteiger partial charge >= 0.3 is 0 Å². The van der Waals surface area contributed by atoms with E-state index in [2.05, 4.69) is 5.32 Å². The van der Waals surface area contributed by atoms with Gasteiger partial charge in [0.1, 0.15) is 18.1 Å². The van der Waals surface area contributed by atoms with Gasteiger partial charge < -0.3 is 14.8 Å². The second-order valence-electron chi connectivity index (χ2n) is 7.92. The number of nitro groups is 1. The summed E-state index contributed by atoms with van der Waals surface area (Å²) >= 11 is 0. The van der Waals surface area contributed by atoms with Crippen molar-refractivity contribution in [2.24, 2.45) is 0 Å². The Morgan fingerprint density at radius 2 is 1.63 bits per heavy atom. The van der Waals surface area contributed by atoms with Gasteiger partial charge in [0.05, 0.1) is 17.7 Å². The highest BCUT2D eigenvalue weighted by molar-refractivity contribution is 6.05. The van der Waals surface area contributed by atoms with E-state index >= 15 is 0 Å². The van der Waals surface area contributed by atoms with Gasteiger partial charge in [-0.05, 0) is 53.9 Å². The fourth-order valence-corrected chi connectivity index (χ4v) is 3.62. The first kappa shape index (κ1) is 23.5. The van der Waals surface area contributed by atoms with Crippen LogP contribution in [-0.4, -0.2) is 17.9 Å². The summed E-state index contributed by atoms with van der Waals surface area (Å²) in [6, 6.07) is 27.2. The van der Waals surface area contributed by atoms with Crippen molar-refractivity contribution in [2.75, 3.05) is 12.4 Å². The quantitative estimate of drug-likeness (QED) is 0.238. The van der Waals surface area contributed by atoms with Crippen LogP contribution in [0.1, 0.15) is 21.5 Å². The number of carbonyl (C=O) groups excluding carboxylic acids is 1. The van der Waals surface area contributed by atoms with Crippen LogP contribution in [0.2, 0.25) is 0 Å². The first-order valence-electron chi connectivity index (χ1n) is 11.0. The SMILES string of the molecule is COc1ccc(C(=O)Nc2cc([N+](=O)[O-])ccc2C)cc1COc1ccc(-c2ccccc2)cc1. The van der Waals surface area contributed by atoms with Gasteiger partial charge in [0, 0.05) is 23.3 Å². The van der Waals surface area contributed by atoms with Gasteiger partial charge in [0.15, 0.2) is 0 Å². The van der Waals surface area contributed by atoms with E-state index in [1.54, 1.807) is 38.3 Å². The van der Waals surface area contributed by atoms with E-state index in [-0.39, 0.29) is 18.2 Å². The molecule has 7 heteroatoms. The number of anilines is 1. The van der Waals surface area contributed by atoms with Crippen LogP contribution in [0.5, 0.6) is 11.5 Å². The van der Waals surface area contributed by atoms with Crippen molar-refractivity contribution in [1.82, 2.24) is 0 Å². The number of nitrogens with zero attached hydrogens (tertiary/aromatic N) is 1. The minimum Gasteiger partial charge on any atom is -0.496 e. The third kappa shape index (κ3) is 5.65. The van der Waals surface area contributed by atoms with E-state index in [4.69, 9.17) is 9.47 Å². The Bertz CT molecular complexity index is 1350. The Hall–Kier alpha value is -4.65. The van der Waals surface area contributed by atoms with Crippen LogP contribution >= 0.6 is 0 Å². The Morgan fingerprint density at radius 1 is 0.914 bits per heavy atom. The number of carbonyl (C=O) groups is 1. The first-order chi connectivity index (χ1) is 16.9. The number of aryl methyl sites for hydroxylation is 1. The molecular weight excluding hydrogens is 444 g/mol. The zero-order valence-electron chi connectivity index (χ0n) is 19.4. The summed E-state index contributed by atoms with van der Waals surface area (Å²) in [5.41, 5.74) is 4.31. The summed E-state index contributed by atoms with van der Waals surface area (Å²) < 4.78 is 11.4. The number of hydrogen-bond acceptors (Lipinski definition) is 5. The lowest BCUT2D eigenvalue weighted by molar-refractivity contribution is -0.384. The van der Waals surface area contributed by atoms with Crippen LogP contribution in [0.3, 0.4) is 0 Å². The molecule has 7 nitrogen and oxygen atoms in total. The molecule has 0 heterocycles. The fraction of sp³-hybridized carbons (Fsp3) is 0.107. The third-order valence-corrected chi connectivity index (χ3v) is 5.58.